The summed E-state index contributed by atoms with van der Waals surface area (Å²) in [6, 6.07) is 6.50. The van der Waals surface area contributed by atoms with Crippen LogP contribution in [0.25, 0.3) is 0 Å². The highest BCUT2D eigenvalue weighted by atomic mass is 16.5. The van der Waals surface area contributed by atoms with Crippen molar-refractivity contribution in [3.05, 3.63) is 23.8 Å². The lowest BCUT2D eigenvalue weighted by Gasteiger charge is -2.32. The van der Waals surface area contributed by atoms with Gasteiger partial charge in [-0.15, -0.1) is 0 Å². The molecule has 0 unspecified atom stereocenters. The number of likely N-dealkylation sites (tertiary alicyclic amines) is 1. The Morgan fingerprint density at radius 2 is 2.00 bits per heavy atom. The van der Waals surface area contributed by atoms with E-state index in [1.165, 1.54) is 26.1 Å². The van der Waals surface area contributed by atoms with Gasteiger partial charge < -0.3 is 25.0 Å². The summed E-state index contributed by atoms with van der Waals surface area (Å²) in [4.78, 5) is 6.91. The molecule has 1 heterocycles. The molecule has 1 aromatic rings. The molecule has 2 rings (SSSR count). The molecule has 0 atom stereocenters. The molecular formula is C20H34N4O2. The molecule has 0 aromatic heterocycles. The van der Waals surface area contributed by atoms with Gasteiger partial charge >= 0.3 is 0 Å². The van der Waals surface area contributed by atoms with E-state index in [9.17, 15) is 0 Å². The fourth-order valence-corrected chi connectivity index (χ4v) is 3.29. The smallest absolute Gasteiger partial charge is 0.191 e. The van der Waals surface area contributed by atoms with Crippen LogP contribution >= 0.6 is 0 Å². The summed E-state index contributed by atoms with van der Waals surface area (Å²) in [5.41, 5.74) is 1.13. The van der Waals surface area contributed by atoms with Crippen LogP contribution < -0.4 is 20.1 Å². The maximum Gasteiger partial charge on any atom is 0.191 e. The average Bonchev–Trinajstić information content (AvgIpc) is 2.67. The first-order valence-electron chi connectivity index (χ1n) is 9.69. The van der Waals surface area contributed by atoms with Gasteiger partial charge in [-0.1, -0.05) is 13.0 Å². The highest BCUT2D eigenvalue weighted by Gasteiger charge is 2.19. The predicted molar refractivity (Wildman–Crippen MR) is 107 cm³/mol. The summed E-state index contributed by atoms with van der Waals surface area (Å²) in [7, 11) is 3.48. The lowest BCUT2D eigenvalue weighted by molar-refractivity contribution is 0.206. The van der Waals surface area contributed by atoms with Crippen molar-refractivity contribution in [3.63, 3.8) is 0 Å². The largest absolute Gasteiger partial charge is 0.493 e. The first-order valence-corrected chi connectivity index (χ1v) is 9.69. The van der Waals surface area contributed by atoms with Crippen molar-refractivity contribution in [3.8, 4) is 11.5 Å². The standard InChI is InChI=1S/C20H34N4O2/c1-5-11-24-12-9-17(10-13-24)23-20(21-3)22-15-16-7-8-18(25-4)19(14-16)26-6-2/h7-8,14,17H,5-6,9-13,15H2,1-4H3,(H2,21,22,23). The summed E-state index contributed by atoms with van der Waals surface area (Å²) in [5, 5.41) is 6.96. The van der Waals surface area contributed by atoms with E-state index in [0.29, 0.717) is 19.2 Å². The summed E-state index contributed by atoms with van der Waals surface area (Å²) < 4.78 is 11.0. The van der Waals surface area contributed by atoms with Crippen LogP contribution in [0.5, 0.6) is 11.5 Å². The quantitative estimate of drug-likeness (QED) is 0.550. The van der Waals surface area contributed by atoms with Crippen LogP contribution in [0.2, 0.25) is 0 Å². The maximum absolute atomic E-state index is 5.65. The fourth-order valence-electron chi connectivity index (χ4n) is 3.29. The normalized spacial score (nSPS) is 16.4. The van der Waals surface area contributed by atoms with Gasteiger partial charge in [0.05, 0.1) is 13.7 Å². The second kappa shape index (κ2) is 10.9. The Balaban J connectivity index is 1.84. The Morgan fingerprint density at radius 1 is 1.23 bits per heavy atom. The van der Waals surface area contributed by atoms with Gasteiger partial charge in [0.1, 0.15) is 0 Å². The molecule has 1 aliphatic heterocycles. The van der Waals surface area contributed by atoms with Crippen molar-refractivity contribution in [2.45, 2.75) is 45.7 Å². The minimum atomic E-state index is 0.490. The lowest BCUT2D eigenvalue weighted by atomic mass is 10.1. The number of aliphatic imine (C=N–C) groups is 1. The SMILES string of the molecule is CCCN1CCC(NC(=NC)NCc2ccc(OC)c(OCC)c2)CC1. The number of rotatable bonds is 8. The molecule has 0 bridgehead atoms. The van der Waals surface area contributed by atoms with Crippen molar-refractivity contribution in [2.75, 3.05) is 40.4 Å². The van der Waals surface area contributed by atoms with E-state index in [1.54, 1.807) is 7.11 Å². The van der Waals surface area contributed by atoms with E-state index in [0.717, 1.165) is 35.9 Å². The molecule has 1 saturated heterocycles. The number of ether oxygens (including phenoxy) is 2. The van der Waals surface area contributed by atoms with E-state index >= 15 is 0 Å². The topological polar surface area (TPSA) is 58.1 Å². The lowest BCUT2D eigenvalue weighted by Crippen LogP contribution is -2.48. The fraction of sp³-hybridized carbons (Fsp3) is 0.650. The Labute approximate surface area is 158 Å². The van der Waals surface area contributed by atoms with Gasteiger partial charge in [0.25, 0.3) is 0 Å². The molecule has 0 radical (unpaired) electrons. The van der Waals surface area contributed by atoms with Gasteiger partial charge in [-0.3, -0.25) is 4.99 Å². The average molecular weight is 363 g/mol. The van der Waals surface area contributed by atoms with E-state index in [1.807, 2.05) is 32.2 Å². The van der Waals surface area contributed by atoms with Crippen molar-refractivity contribution < 1.29 is 9.47 Å². The number of hydrogen-bond donors (Lipinski definition) is 2. The summed E-state index contributed by atoms with van der Waals surface area (Å²) in [6.07, 6.45) is 3.56. The minimum absolute atomic E-state index is 0.490. The Hall–Kier alpha value is -1.95. The molecule has 1 fully saturated rings. The zero-order chi connectivity index (χ0) is 18.8. The third-order valence-corrected chi connectivity index (χ3v) is 4.68. The molecule has 0 aliphatic carbocycles. The molecule has 2 N–H and O–H groups in total. The van der Waals surface area contributed by atoms with E-state index in [2.05, 4.69) is 27.4 Å². The second-order valence-corrected chi connectivity index (χ2v) is 6.60. The van der Waals surface area contributed by atoms with Crippen LogP contribution in [0.4, 0.5) is 0 Å². The third-order valence-electron chi connectivity index (χ3n) is 4.68. The number of methoxy groups -OCH3 is 1. The molecule has 0 amide bonds. The highest BCUT2D eigenvalue weighted by Crippen LogP contribution is 2.27. The van der Waals surface area contributed by atoms with E-state index < -0.39 is 0 Å². The monoisotopic (exact) mass is 362 g/mol. The summed E-state index contributed by atoms with van der Waals surface area (Å²) in [6.45, 7) is 9.07. The van der Waals surface area contributed by atoms with Gasteiger partial charge in [-0.25, -0.2) is 0 Å². The molecular weight excluding hydrogens is 328 g/mol. The Morgan fingerprint density at radius 3 is 2.62 bits per heavy atom. The first-order chi connectivity index (χ1) is 12.7. The molecule has 6 heteroatoms. The van der Waals surface area contributed by atoms with E-state index in [-0.39, 0.29) is 0 Å². The molecule has 6 nitrogen and oxygen atoms in total. The van der Waals surface area contributed by atoms with Crippen LogP contribution in [0.1, 0.15) is 38.7 Å². The zero-order valence-electron chi connectivity index (χ0n) is 16.7. The number of nitrogens with zero attached hydrogens (tertiary/aromatic N) is 2. The first kappa shape index (κ1) is 20.4. The van der Waals surface area contributed by atoms with Crippen LogP contribution in [-0.2, 0) is 6.54 Å². The predicted octanol–water partition coefficient (Wildman–Crippen LogP) is 2.63. The molecule has 0 spiro atoms. The molecule has 26 heavy (non-hydrogen) atoms. The number of hydrogen-bond acceptors (Lipinski definition) is 4. The highest BCUT2D eigenvalue weighted by molar-refractivity contribution is 5.80. The van der Waals surface area contributed by atoms with Gasteiger partial charge in [0.15, 0.2) is 17.5 Å². The van der Waals surface area contributed by atoms with Gasteiger partial charge in [-0.2, -0.15) is 0 Å². The van der Waals surface area contributed by atoms with Crippen LogP contribution in [0, 0.1) is 0 Å². The zero-order valence-corrected chi connectivity index (χ0v) is 16.7. The molecule has 1 aromatic carbocycles. The minimum Gasteiger partial charge on any atom is -0.493 e. The number of benzene rings is 1. The second-order valence-electron chi connectivity index (χ2n) is 6.60. The van der Waals surface area contributed by atoms with Crippen molar-refractivity contribution in [1.29, 1.82) is 0 Å². The molecule has 0 saturated carbocycles. The van der Waals surface area contributed by atoms with Crippen molar-refractivity contribution in [1.82, 2.24) is 15.5 Å². The van der Waals surface area contributed by atoms with Crippen molar-refractivity contribution >= 4 is 5.96 Å². The third kappa shape index (κ3) is 6.09. The van der Waals surface area contributed by atoms with Gasteiger partial charge in [0.2, 0.25) is 0 Å². The number of piperidine rings is 1. The number of nitrogens with one attached hydrogen (secondary N) is 2. The van der Waals surface area contributed by atoms with Crippen LogP contribution in [-0.4, -0.2) is 57.3 Å². The van der Waals surface area contributed by atoms with Crippen molar-refractivity contribution in [2.24, 2.45) is 4.99 Å². The molecule has 146 valence electrons. The van der Waals surface area contributed by atoms with Gasteiger partial charge in [0, 0.05) is 32.7 Å². The summed E-state index contributed by atoms with van der Waals surface area (Å²) >= 11 is 0. The van der Waals surface area contributed by atoms with Gasteiger partial charge in [-0.05, 0) is 50.4 Å². The molecule has 1 aliphatic rings. The maximum atomic E-state index is 5.65. The summed E-state index contributed by atoms with van der Waals surface area (Å²) in [5.74, 6) is 2.39. The van der Waals surface area contributed by atoms with E-state index in [4.69, 9.17) is 9.47 Å². The van der Waals surface area contributed by atoms with Crippen LogP contribution in [0.15, 0.2) is 23.2 Å². The Bertz CT molecular complexity index is 569. The van der Waals surface area contributed by atoms with Crippen LogP contribution in [0.3, 0.4) is 0 Å². The number of guanidine groups is 1. The Kier molecular flexibility index (Phi) is 8.54.